The van der Waals surface area contributed by atoms with E-state index in [1.807, 2.05) is 24.3 Å². The van der Waals surface area contributed by atoms with Gasteiger partial charge in [-0.15, -0.1) is 0 Å². The molecule has 0 amide bonds. The minimum Gasteiger partial charge on any atom is -0.322 e. The Morgan fingerprint density at radius 2 is 2.07 bits per heavy atom. The lowest BCUT2D eigenvalue weighted by molar-refractivity contribution is 0.691. The summed E-state index contributed by atoms with van der Waals surface area (Å²) in [4.78, 5) is 0. The first-order valence-corrected chi connectivity index (χ1v) is 5.40. The molecule has 2 aromatic rings. The minimum atomic E-state index is -0.107. The number of benzene rings is 1. The highest BCUT2D eigenvalue weighted by molar-refractivity contribution is 9.10. The molecule has 0 saturated heterocycles. The number of hydrogen-bond acceptors (Lipinski definition) is 3. The van der Waals surface area contributed by atoms with E-state index in [0.29, 0.717) is 0 Å². The Morgan fingerprint density at radius 1 is 1.33 bits per heavy atom. The number of nitrogens with two attached hydrogens (primary N) is 1. The Kier molecular flexibility index (Phi) is 3.13. The number of nitrogens with one attached hydrogen (secondary N) is 1. The van der Waals surface area contributed by atoms with Crippen LogP contribution in [0.15, 0.2) is 34.9 Å². The topological polar surface area (TPSA) is 67.6 Å². The molecule has 1 aromatic heterocycles. The van der Waals surface area contributed by atoms with Gasteiger partial charge in [-0.3, -0.25) is 0 Å². The van der Waals surface area contributed by atoms with Gasteiger partial charge in [0.25, 0.3) is 0 Å². The van der Waals surface area contributed by atoms with Crippen molar-refractivity contribution < 1.29 is 0 Å². The van der Waals surface area contributed by atoms with E-state index >= 15 is 0 Å². The highest BCUT2D eigenvalue weighted by Crippen LogP contribution is 2.15. The predicted molar refractivity (Wildman–Crippen MR) is 61.2 cm³/mol. The third-order valence-electron chi connectivity index (χ3n) is 2.18. The van der Waals surface area contributed by atoms with Crippen LogP contribution in [-0.4, -0.2) is 15.4 Å². The fourth-order valence-corrected chi connectivity index (χ4v) is 1.63. The number of H-pyrrole nitrogens is 1. The first-order chi connectivity index (χ1) is 7.25. The first kappa shape index (κ1) is 10.3. The van der Waals surface area contributed by atoms with Gasteiger partial charge in [0.1, 0.15) is 0 Å². The average Bonchev–Trinajstić information content (AvgIpc) is 2.74. The molecule has 15 heavy (non-hydrogen) atoms. The summed E-state index contributed by atoms with van der Waals surface area (Å²) >= 11 is 3.39. The van der Waals surface area contributed by atoms with Crippen LogP contribution in [0.1, 0.15) is 17.3 Å². The molecule has 0 aliphatic heterocycles. The molecule has 5 heteroatoms. The number of halogens is 1. The first-order valence-electron chi connectivity index (χ1n) is 4.61. The maximum Gasteiger partial charge on any atom is 0.0995 e. The van der Waals surface area contributed by atoms with Crippen molar-refractivity contribution in [2.75, 3.05) is 0 Å². The smallest absolute Gasteiger partial charge is 0.0995 e. The number of rotatable bonds is 3. The largest absolute Gasteiger partial charge is 0.322 e. The Bertz CT molecular complexity index is 409. The zero-order valence-electron chi connectivity index (χ0n) is 8.02. The van der Waals surface area contributed by atoms with Crippen molar-refractivity contribution in [1.29, 1.82) is 0 Å². The van der Waals surface area contributed by atoms with Crippen LogP contribution >= 0.6 is 15.9 Å². The second kappa shape index (κ2) is 4.55. The monoisotopic (exact) mass is 266 g/mol. The average molecular weight is 267 g/mol. The molecule has 0 fully saturated rings. The molecule has 1 aromatic carbocycles. The van der Waals surface area contributed by atoms with Crippen molar-refractivity contribution in [3.8, 4) is 0 Å². The molecule has 78 valence electrons. The molecule has 1 atom stereocenters. The number of aromatic nitrogens is 3. The summed E-state index contributed by atoms with van der Waals surface area (Å²) in [6, 6.07) is 7.99. The molecule has 4 nitrogen and oxygen atoms in total. The molecule has 0 spiro atoms. The van der Waals surface area contributed by atoms with Crippen molar-refractivity contribution in [3.63, 3.8) is 0 Å². The Balaban J connectivity index is 2.06. The summed E-state index contributed by atoms with van der Waals surface area (Å²) in [5, 5.41) is 10.3. The Morgan fingerprint density at radius 3 is 2.67 bits per heavy atom. The van der Waals surface area contributed by atoms with Crippen molar-refractivity contribution >= 4 is 15.9 Å². The van der Waals surface area contributed by atoms with E-state index in [0.717, 1.165) is 16.6 Å². The zero-order valence-corrected chi connectivity index (χ0v) is 9.61. The quantitative estimate of drug-likeness (QED) is 0.891. The summed E-state index contributed by atoms with van der Waals surface area (Å²) in [5.41, 5.74) is 7.95. The lowest BCUT2D eigenvalue weighted by Crippen LogP contribution is -2.13. The molecule has 0 aliphatic rings. The SMILES string of the molecule is NC(Cc1ccc(Br)cc1)c1cn[nH]n1. The van der Waals surface area contributed by atoms with Gasteiger partial charge in [0.15, 0.2) is 0 Å². The van der Waals surface area contributed by atoms with E-state index in [1.54, 1.807) is 6.20 Å². The summed E-state index contributed by atoms with van der Waals surface area (Å²) < 4.78 is 1.07. The van der Waals surface area contributed by atoms with Crippen LogP contribution in [0, 0.1) is 0 Å². The number of hydrogen-bond donors (Lipinski definition) is 2. The lowest BCUT2D eigenvalue weighted by atomic mass is 10.1. The van der Waals surface area contributed by atoms with Crippen molar-refractivity contribution in [2.45, 2.75) is 12.5 Å². The third-order valence-corrected chi connectivity index (χ3v) is 2.71. The minimum absolute atomic E-state index is 0.107. The molecule has 0 bridgehead atoms. The van der Waals surface area contributed by atoms with Gasteiger partial charge in [0.2, 0.25) is 0 Å². The van der Waals surface area contributed by atoms with Crippen molar-refractivity contribution in [2.24, 2.45) is 5.73 Å². The summed E-state index contributed by atoms with van der Waals surface area (Å²) in [6.45, 7) is 0. The van der Waals surface area contributed by atoms with Crippen LogP contribution in [0.3, 0.4) is 0 Å². The highest BCUT2D eigenvalue weighted by atomic mass is 79.9. The van der Waals surface area contributed by atoms with Crippen molar-refractivity contribution in [3.05, 3.63) is 46.2 Å². The molecule has 0 saturated carbocycles. The summed E-state index contributed by atoms with van der Waals surface area (Å²) in [7, 11) is 0. The second-order valence-electron chi connectivity index (χ2n) is 3.33. The van der Waals surface area contributed by atoms with Gasteiger partial charge in [0, 0.05) is 4.47 Å². The maximum atomic E-state index is 5.98. The van der Waals surface area contributed by atoms with Gasteiger partial charge >= 0.3 is 0 Å². The fourth-order valence-electron chi connectivity index (χ4n) is 1.37. The van der Waals surface area contributed by atoms with Crippen molar-refractivity contribution in [1.82, 2.24) is 15.4 Å². The molecule has 1 unspecified atom stereocenters. The Labute approximate surface area is 96.0 Å². The van der Waals surface area contributed by atoms with Crippen LogP contribution in [0.5, 0.6) is 0 Å². The van der Waals surface area contributed by atoms with Gasteiger partial charge in [-0.2, -0.15) is 15.4 Å². The Hall–Kier alpha value is -1.20. The van der Waals surface area contributed by atoms with Gasteiger partial charge < -0.3 is 5.73 Å². The molecule has 0 aliphatic carbocycles. The fraction of sp³-hybridized carbons (Fsp3) is 0.200. The molecule has 2 rings (SSSR count). The van der Waals surface area contributed by atoms with Gasteiger partial charge in [-0.05, 0) is 24.1 Å². The lowest BCUT2D eigenvalue weighted by Gasteiger charge is -2.07. The van der Waals surface area contributed by atoms with Crippen LogP contribution < -0.4 is 5.73 Å². The van der Waals surface area contributed by atoms with E-state index in [1.165, 1.54) is 5.56 Å². The standard InChI is InChI=1S/C10H11BrN4/c11-8-3-1-7(2-4-8)5-9(12)10-6-13-15-14-10/h1-4,6,9H,5,12H2,(H,13,14,15). The predicted octanol–water partition coefficient (Wildman–Crippen LogP) is 1.81. The molecule has 0 radical (unpaired) electrons. The van der Waals surface area contributed by atoms with E-state index in [9.17, 15) is 0 Å². The van der Waals surface area contributed by atoms with Crippen LogP contribution in [-0.2, 0) is 6.42 Å². The number of aromatic amines is 1. The van der Waals surface area contributed by atoms with E-state index in [-0.39, 0.29) is 6.04 Å². The normalized spacial score (nSPS) is 12.7. The summed E-state index contributed by atoms with van der Waals surface area (Å²) in [5.74, 6) is 0. The van der Waals surface area contributed by atoms with E-state index in [2.05, 4.69) is 31.3 Å². The number of nitrogens with zero attached hydrogens (tertiary/aromatic N) is 2. The summed E-state index contributed by atoms with van der Waals surface area (Å²) in [6.07, 6.45) is 2.42. The third kappa shape index (κ3) is 2.64. The van der Waals surface area contributed by atoms with E-state index in [4.69, 9.17) is 5.73 Å². The van der Waals surface area contributed by atoms with Gasteiger partial charge in [-0.25, -0.2) is 0 Å². The van der Waals surface area contributed by atoms with Crippen LogP contribution in [0.25, 0.3) is 0 Å². The van der Waals surface area contributed by atoms with E-state index < -0.39 is 0 Å². The maximum absolute atomic E-state index is 5.98. The zero-order chi connectivity index (χ0) is 10.7. The van der Waals surface area contributed by atoms with Crippen LogP contribution in [0.4, 0.5) is 0 Å². The van der Waals surface area contributed by atoms with Gasteiger partial charge in [-0.1, -0.05) is 28.1 Å². The molecule has 1 heterocycles. The van der Waals surface area contributed by atoms with Crippen LogP contribution in [0.2, 0.25) is 0 Å². The second-order valence-corrected chi connectivity index (χ2v) is 4.25. The molecule has 3 N–H and O–H groups in total. The van der Waals surface area contributed by atoms with Gasteiger partial charge in [0.05, 0.1) is 17.9 Å². The highest BCUT2D eigenvalue weighted by Gasteiger charge is 2.09. The molecular formula is C10H11BrN4. The molecular weight excluding hydrogens is 256 g/mol.